The highest BCUT2D eigenvalue weighted by molar-refractivity contribution is 6.15. The molecule has 6 nitrogen and oxygen atoms in total. The number of ether oxygens (including phenoxy) is 3. The third-order valence-electron chi connectivity index (χ3n) is 3.80. The third kappa shape index (κ3) is 3.69. The molecule has 1 aliphatic rings. The normalized spacial score (nSPS) is 15.7. The van der Waals surface area contributed by atoms with Crippen LogP contribution < -0.4 is 10.1 Å². The molecule has 0 aliphatic carbocycles. The topological polar surface area (TPSA) is 73.9 Å². The van der Waals surface area contributed by atoms with Gasteiger partial charge < -0.3 is 19.5 Å². The maximum Gasteiger partial charge on any atom is 0.350 e. The van der Waals surface area contributed by atoms with E-state index in [0.717, 1.165) is 11.1 Å². The van der Waals surface area contributed by atoms with Gasteiger partial charge in [-0.2, -0.15) is 0 Å². The molecule has 26 heavy (non-hydrogen) atoms. The molecule has 1 N–H and O–H groups in total. The number of methoxy groups -OCH3 is 1. The van der Waals surface area contributed by atoms with Crippen molar-refractivity contribution < 1.29 is 23.8 Å². The number of hydrogen-bond acceptors (Lipinski definition) is 6. The molecule has 0 aromatic heterocycles. The Morgan fingerprint density at radius 2 is 1.65 bits per heavy atom. The van der Waals surface area contributed by atoms with Crippen molar-refractivity contribution in [2.45, 2.75) is 19.6 Å². The summed E-state index contributed by atoms with van der Waals surface area (Å²) in [6.45, 7) is 3.01. The predicted molar refractivity (Wildman–Crippen MR) is 96.4 cm³/mol. The third-order valence-corrected chi connectivity index (χ3v) is 3.80. The van der Waals surface area contributed by atoms with Crippen molar-refractivity contribution in [2.75, 3.05) is 12.4 Å². The van der Waals surface area contributed by atoms with Crippen LogP contribution in [0.5, 0.6) is 5.75 Å². The van der Waals surface area contributed by atoms with E-state index in [-0.39, 0.29) is 5.57 Å². The van der Waals surface area contributed by atoms with Gasteiger partial charge in [0.1, 0.15) is 5.75 Å². The molecule has 6 heteroatoms. The van der Waals surface area contributed by atoms with E-state index in [2.05, 4.69) is 5.32 Å². The second kappa shape index (κ2) is 6.92. The minimum absolute atomic E-state index is 0.203. The number of esters is 2. The molecule has 0 unspecified atom stereocenters. The molecule has 0 spiro atoms. The summed E-state index contributed by atoms with van der Waals surface area (Å²) in [5.74, 6) is -2.09. The molecule has 3 rings (SSSR count). The first-order valence-electron chi connectivity index (χ1n) is 8.06. The number of rotatable bonds is 4. The summed E-state index contributed by atoms with van der Waals surface area (Å²) < 4.78 is 15.4. The van der Waals surface area contributed by atoms with Gasteiger partial charge in [0.25, 0.3) is 5.79 Å². The predicted octanol–water partition coefficient (Wildman–Crippen LogP) is 3.49. The van der Waals surface area contributed by atoms with Crippen LogP contribution in [0.15, 0.2) is 60.3 Å². The first kappa shape index (κ1) is 17.5. The molecule has 2 aromatic rings. The Kier molecular flexibility index (Phi) is 4.67. The molecule has 0 amide bonds. The number of carbonyl (C=O) groups excluding carboxylic acids is 2. The Balaban J connectivity index is 1.94. The van der Waals surface area contributed by atoms with Crippen LogP contribution >= 0.6 is 0 Å². The lowest BCUT2D eigenvalue weighted by atomic mass is 10.0. The number of nitrogens with one attached hydrogen (secondary N) is 1. The van der Waals surface area contributed by atoms with Gasteiger partial charge >= 0.3 is 11.9 Å². The smallest absolute Gasteiger partial charge is 0.350 e. The fraction of sp³-hybridized carbons (Fsp3) is 0.200. The molecular weight excluding hydrogens is 334 g/mol. The van der Waals surface area contributed by atoms with E-state index < -0.39 is 17.7 Å². The fourth-order valence-corrected chi connectivity index (χ4v) is 2.57. The highest BCUT2D eigenvalue weighted by Gasteiger charge is 2.38. The van der Waals surface area contributed by atoms with Crippen LogP contribution in [0.2, 0.25) is 0 Å². The second-order valence-corrected chi connectivity index (χ2v) is 6.16. The monoisotopic (exact) mass is 353 g/mol. The number of carbonyl (C=O) groups is 2. The fourth-order valence-electron chi connectivity index (χ4n) is 2.57. The minimum atomic E-state index is -1.27. The molecule has 1 aliphatic heterocycles. The molecule has 1 heterocycles. The molecule has 1 fully saturated rings. The van der Waals surface area contributed by atoms with Crippen LogP contribution in [0.1, 0.15) is 13.8 Å². The van der Waals surface area contributed by atoms with Crippen molar-refractivity contribution in [3.63, 3.8) is 0 Å². The maximum atomic E-state index is 12.1. The van der Waals surface area contributed by atoms with Gasteiger partial charge in [-0.15, -0.1) is 0 Å². The molecule has 1 saturated heterocycles. The number of anilines is 1. The SMILES string of the molecule is COc1ccc(-c2ccccc2)c(NC=C2C(=O)OC(C)(C)OC2=O)c1. The van der Waals surface area contributed by atoms with Gasteiger partial charge in [-0.3, -0.25) is 0 Å². The minimum Gasteiger partial charge on any atom is -0.497 e. The highest BCUT2D eigenvalue weighted by atomic mass is 16.7. The maximum absolute atomic E-state index is 12.1. The Labute approximate surface area is 151 Å². The van der Waals surface area contributed by atoms with E-state index in [9.17, 15) is 9.59 Å². The summed E-state index contributed by atoms with van der Waals surface area (Å²) in [6, 6.07) is 15.2. The lowest BCUT2D eigenvalue weighted by Crippen LogP contribution is -2.42. The highest BCUT2D eigenvalue weighted by Crippen LogP contribution is 2.32. The van der Waals surface area contributed by atoms with Gasteiger partial charge in [0, 0.05) is 37.4 Å². The Morgan fingerprint density at radius 3 is 2.27 bits per heavy atom. The van der Waals surface area contributed by atoms with E-state index in [1.54, 1.807) is 13.2 Å². The van der Waals surface area contributed by atoms with Gasteiger partial charge in [0.05, 0.1) is 7.11 Å². The van der Waals surface area contributed by atoms with Gasteiger partial charge in [0.15, 0.2) is 5.57 Å². The Bertz CT molecular complexity index is 849. The van der Waals surface area contributed by atoms with Crippen LogP contribution in [-0.2, 0) is 19.1 Å². The van der Waals surface area contributed by atoms with Gasteiger partial charge in [0.2, 0.25) is 0 Å². The van der Waals surface area contributed by atoms with Crippen molar-refractivity contribution in [2.24, 2.45) is 0 Å². The van der Waals surface area contributed by atoms with Gasteiger partial charge in [-0.1, -0.05) is 30.3 Å². The number of cyclic esters (lactones) is 2. The van der Waals surface area contributed by atoms with E-state index >= 15 is 0 Å². The second-order valence-electron chi connectivity index (χ2n) is 6.16. The van der Waals surface area contributed by atoms with Crippen LogP contribution in [0, 0.1) is 0 Å². The summed E-state index contributed by atoms with van der Waals surface area (Å²) >= 11 is 0. The molecule has 0 radical (unpaired) electrons. The van der Waals surface area contributed by atoms with Crippen molar-refractivity contribution >= 4 is 17.6 Å². The molecule has 134 valence electrons. The van der Waals surface area contributed by atoms with E-state index in [4.69, 9.17) is 14.2 Å². The first-order chi connectivity index (χ1) is 12.4. The van der Waals surface area contributed by atoms with Crippen molar-refractivity contribution in [3.05, 3.63) is 60.3 Å². The number of hydrogen-bond donors (Lipinski definition) is 1. The summed E-state index contributed by atoms with van der Waals surface area (Å²) in [6.07, 6.45) is 1.29. The van der Waals surface area contributed by atoms with Crippen LogP contribution in [0.4, 0.5) is 5.69 Å². The van der Waals surface area contributed by atoms with E-state index in [1.165, 1.54) is 20.0 Å². The van der Waals surface area contributed by atoms with Gasteiger partial charge in [-0.05, 0) is 17.7 Å². The lowest BCUT2D eigenvalue weighted by Gasteiger charge is -2.29. The zero-order valence-corrected chi connectivity index (χ0v) is 14.7. The van der Waals surface area contributed by atoms with Crippen molar-refractivity contribution in [3.8, 4) is 16.9 Å². The van der Waals surface area contributed by atoms with E-state index in [1.807, 2.05) is 42.5 Å². The van der Waals surface area contributed by atoms with E-state index in [0.29, 0.717) is 11.4 Å². The zero-order chi connectivity index (χ0) is 18.7. The van der Waals surface area contributed by atoms with Crippen molar-refractivity contribution in [1.29, 1.82) is 0 Å². The standard InChI is InChI=1S/C20H19NO5/c1-20(2)25-18(22)16(19(23)26-20)12-21-17-11-14(24-3)9-10-15(17)13-7-5-4-6-8-13/h4-12,21H,1-3H3. The zero-order valence-electron chi connectivity index (χ0n) is 14.7. The number of benzene rings is 2. The van der Waals surface area contributed by atoms with Crippen LogP contribution in [0.3, 0.4) is 0 Å². The lowest BCUT2D eigenvalue weighted by molar-refractivity contribution is -0.222. The van der Waals surface area contributed by atoms with Crippen molar-refractivity contribution in [1.82, 2.24) is 0 Å². The van der Waals surface area contributed by atoms with Crippen LogP contribution in [0.25, 0.3) is 11.1 Å². The first-order valence-corrected chi connectivity index (χ1v) is 8.06. The molecule has 0 saturated carbocycles. The van der Waals surface area contributed by atoms with Gasteiger partial charge in [-0.25, -0.2) is 9.59 Å². The molecule has 2 aromatic carbocycles. The summed E-state index contributed by atoms with van der Waals surface area (Å²) in [7, 11) is 1.57. The average Bonchev–Trinajstić information content (AvgIpc) is 2.60. The molecular formula is C20H19NO5. The molecule has 0 atom stereocenters. The Morgan fingerprint density at radius 1 is 1.00 bits per heavy atom. The molecule has 0 bridgehead atoms. The largest absolute Gasteiger partial charge is 0.497 e. The quantitative estimate of drug-likeness (QED) is 0.515. The van der Waals surface area contributed by atoms with Crippen LogP contribution in [-0.4, -0.2) is 24.8 Å². The Hall–Kier alpha value is -3.28. The summed E-state index contributed by atoms with van der Waals surface area (Å²) in [5, 5.41) is 3.00. The summed E-state index contributed by atoms with van der Waals surface area (Å²) in [5.41, 5.74) is 2.34. The average molecular weight is 353 g/mol. The summed E-state index contributed by atoms with van der Waals surface area (Å²) in [4.78, 5) is 24.1.